The Morgan fingerprint density at radius 3 is 2.48 bits per heavy atom. The molecule has 0 aromatic heterocycles. The van der Waals surface area contributed by atoms with Crippen LogP contribution in [0.1, 0.15) is 42.5 Å². The number of urea groups is 1. The molecular formula is C16H23FN2O2. The summed E-state index contributed by atoms with van der Waals surface area (Å²) in [6.07, 6.45) is 1.99. The zero-order valence-corrected chi connectivity index (χ0v) is 12.8. The molecule has 1 aromatic rings. The molecule has 0 radical (unpaired) electrons. The normalized spacial score (nSPS) is 15.7. The van der Waals surface area contributed by atoms with Gasteiger partial charge in [-0.15, -0.1) is 0 Å². The van der Waals surface area contributed by atoms with Crippen LogP contribution in [0.25, 0.3) is 0 Å². The Hall–Kier alpha value is -1.62. The van der Waals surface area contributed by atoms with Gasteiger partial charge < -0.3 is 15.3 Å². The maximum absolute atomic E-state index is 13.7. The van der Waals surface area contributed by atoms with Crippen molar-refractivity contribution in [3.05, 3.63) is 34.6 Å². The summed E-state index contributed by atoms with van der Waals surface area (Å²) in [7, 11) is 0. The number of halogens is 1. The Kier molecular flexibility index (Phi) is 4.83. The molecule has 21 heavy (non-hydrogen) atoms. The van der Waals surface area contributed by atoms with E-state index in [4.69, 9.17) is 5.11 Å². The number of nitrogens with one attached hydrogen (secondary N) is 1. The number of carbonyl (C=O) groups is 1. The van der Waals surface area contributed by atoms with Crippen molar-refractivity contribution in [2.24, 2.45) is 0 Å². The molecule has 0 aliphatic heterocycles. The number of aliphatic hydroxyl groups excluding tert-OH is 1. The minimum atomic E-state index is -0.199. The Morgan fingerprint density at radius 2 is 2.00 bits per heavy atom. The third-order valence-corrected chi connectivity index (χ3v) is 3.89. The lowest BCUT2D eigenvalue weighted by Gasteiger charge is -2.25. The summed E-state index contributed by atoms with van der Waals surface area (Å²) in [4.78, 5) is 13.9. The van der Waals surface area contributed by atoms with Crippen molar-refractivity contribution < 1.29 is 14.3 Å². The predicted octanol–water partition coefficient (Wildman–Crippen LogP) is 2.67. The SMILES string of the molecule is Cc1cc([C@@H](C)NC(=O)N(CCO)C2CC2)cc(C)c1F. The molecule has 4 nitrogen and oxygen atoms in total. The first-order valence-electron chi connectivity index (χ1n) is 7.38. The number of aliphatic hydroxyl groups is 1. The molecule has 2 amide bonds. The van der Waals surface area contributed by atoms with Gasteiger partial charge in [-0.3, -0.25) is 0 Å². The van der Waals surface area contributed by atoms with Crippen LogP contribution in [0.2, 0.25) is 0 Å². The van der Waals surface area contributed by atoms with Gasteiger partial charge >= 0.3 is 6.03 Å². The third-order valence-electron chi connectivity index (χ3n) is 3.89. The summed E-state index contributed by atoms with van der Waals surface area (Å²) in [5, 5.41) is 12.0. The van der Waals surface area contributed by atoms with E-state index >= 15 is 0 Å². The van der Waals surface area contributed by atoms with E-state index in [0.29, 0.717) is 17.7 Å². The lowest BCUT2D eigenvalue weighted by Crippen LogP contribution is -2.43. The smallest absolute Gasteiger partial charge is 0.318 e. The highest BCUT2D eigenvalue weighted by Crippen LogP contribution is 2.27. The molecule has 1 aliphatic rings. The van der Waals surface area contributed by atoms with Gasteiger partial charge in [0.2, 0.25) is 0 Å². The quantitative estimate of drug-likeness (QED) is 0.877. The van der Waals surface area contributed by atoms with Gasteiger partial charge in [-0.2, -0.15) is 0 Å². The number of hydrogen-bond acceptors (Lipinski definition) is 2. The molecule has 1 fully saturated rings. The van der Waals surface area contributed by atoms with Crippen molar-refractivity contribution in [1.29, 1.82) is 0 Å². The van der Waals surface area contributed by atoms with Crippen molar-refractivity contribution >= 4 is 6.03 Å². The van der Waals surface area contributed by atoms with Gasteiger partial charge in [0, 0.05) is 12.6 Å². The van der Waals surface area contributed by atoms with Crippen LogP contribution >= 0.6 is 0 Å². The number of benzene rings is 1. The van der Waals surface area contributed by atoms with Gasteiger partial charge in [-0.1, -0.05) is 12.1 Å². The van der Waals surface area contributed by atoms with E-state index in [-0.39, 0.29) is 30.5 Å². The predicted molar refractivity (Wildman–Crippen MR) is 79.6 cm³/mol. The average molecular weight is 294 g/mol. The molecular weight excluding hydrogens is 271 g/mol. The zero-order valence-electron chi connectivity index (χ0n) is 12.8. The van der Waals surface area contributed by atoms with E-state index in [9.17, 15) is 9.18 Å². The van der Waals surface area contributed by atoms with Gasteiger partial charge in [0.1, 0.15) is 5.82 Å². The van der Waals surface area contributed by atoms with Crippen molar-refractivity contribution in [3.63, 3.8) is 0 Å². The van der Waals surface area contributed by atoms with Gasteiger partial charge in [-0.05, 0) is 50.3 Å². The van der Waals surface area contributed by atoms with Crippen molar-refractivity contribution in [1.82, 2.24) is 10.2 Å². The molecule has 116 valence electrons. The van der Waals surface area contributed by atoms with Crippen LogP contribution in [-0.2, 0) is 0 Å². The maximum atomic E-state index is 13.7. The number of aryl methyl sites for hydroxylation is 2. The van der Waals surface area contributed by atoms with E-state index < -0.39 is 0 Å². The number of hydrogen-bond donors (Lipinski definition) is 2. The first kappa shape index (κ1) is 15.8. The second-order valence-electron chi connectivity index (χ2n) is 5.79. The molecule has 5 heteroatoms. The highest BCUT2D eigenvalue weighted by molar-refractivity contribution is 5.75. The summed E-state index contributed by atoms with van der Waals surface area (Å²) in [5.74, 6) is -0.197. The topological polar surface area (TPSA) is 52.6 Å². The highest BCUT2D eigenvalue weighted by atomic mass is 19.1. The van der Waals surface area contributed by atoms with E-state index in [1.54, 1.807) is 30.9 Å². The van der Waals surface area contributed by atoms with Crippen LogP contribution in [-0.4, -0.2) is 35.2 Å². The lowest BCUT2D eigenvalue weighted by molar-refractivity contribution is 0.171. The number of carbonyl (C=O) groups excluding carboxylic acids is 1. The molecule has 0 heterocycles. The summed E-state index contributed by atoms with van der Waals surface area (Å²) in [6, 6.07) is 3.41. The first-order valence-corrected chi connectivity index (χ1v) is 7.38. The highest BCUT2D eigenvalue weighted by Gasteiger charge is 2.32. The summed E-state index contributed by atoms with van der Waals surface area (Å²) >= 11 is 0. The van der Waals surface area contributed by atoms with Crippen LogP contribution in [0, 0.1) is 19.7 Å². The Labute approximate surface area is 125 Å². The fourth-order valence-corrected chi connectivity index (χ4v) is 2.52. The van der Waals surface area contributed by atoms with E-state index in [1.165, 1.54) is 0 Å². The molecule has 0 bridgehead atoms. The van der Waals surface area contributed by atoms with E-state index in [2.05, 4.69) is 5.32 Å². The fraction of sp³-hybridized carbons (Fsp3) is 0.562. The summed E-state index contributed by atoms with van der Waals surface area (Å²) in [6.45, 7) is 5.65. The second-order valence-corrected chi connectivity index (χ2v) is 5.79. The largest absolute Gasteiger partial charge is 0.395 e. The lowest BCUT2D eigenvalue weighted by atomic mass is 10.0. The van der Waals surface area contributed by atoms with Gasteiger partial charge in [0.05, 0.1) is 12.6 Å². The minimum Gasteiger partial charge on any atom is -0.395 e. The van der Waals surface area contributed by atoms with Gasteiger partial charge in [0.15, 0.2) is 0 Å². The summed E-state index contributed by atoms with van der Waals surface area (Å²) in [5.41, 5.74) is 2.06. The minimum absolute atomic E-state index is 0.0347. The van der Waals surface area contributed by atoms with Gasteiger partial charge in [-0.25, -0.2) is 9.18 Å². The zero-order chi connectivity index (χ0) is 15.6. The number of amides is 2. The van der Waals surface area contributed by atoms with Crippen molar-refractivity contribution in [3.8, 4) is 0 Å². The molecule has 0 unspecified atom stereocenters. The standard InChI is InChI=1S/C16H23FN2O2/c1-10-8-13(9-11(2)15(10)17)12(3)18-16(21)19(6-7-20)14-4-5-14/h8-9,12,14,20H,4-7H2,1-3H3,(H,18,21)/t12-/m1/s1. The number of rotatable bonds is 5. The Bertz CT molecular complexity index is 506. The average Bonchev–Trinajstić information content (AvgIpc) is 3.25. The fourth-order valence-electron chi connectivity index (χ4n) is 2.52. The van der Waals surface area contributed by atoms with Crippen LogP contribution in [0.5, 0.6) is 0 Å². The van der Waals surface area contributed by atoms with Crippen LogP contribution in [0.4, 0.5) is 9.18 Å². The molecule has 1 aliphatic carbocycles. The molecule has 1 saturated carbocycles. The number of nitrogens with zero attached hydrogens (tertiary/aromatic N) is 1. The molecule has 1 aromatic carbocycles. The molecule has 2 rings (SSSR count). The van der Waals surface area contributed by atoms with E-state index in [0.717, 1.165) is 18.4 Å². The molecule has 2 N–H and O–H groups in total. The van der Waals surface area contributed by atoms with Gasteiger partial charge in [0.25, 0.3) is 0 Å². The van der Waals surface area contributed by atoms with Crippen LogP contribution in [0.3, 0.4) is 0 Å². The first-order chi connectivity index (χ1) is 9.93. The molecule has 0 spiro atoms. The maximum Gasteiger partial charge on any atom is 0.318 e. The van der Waals surface area contributed by atoms with Crippen molar-refractivity contribution in [2.75, 3.05) is 13.2 Å². The Morgan fingerprint density at radius 1 is 1.43 bits per heavy atom. The van der Waals surface area contributed by atoms with Crippen LogP contribution < -0.4 is 5.32 Å². The van der Waals surface area contributed by atoms with E-state index in [1.807, 2.05) is 6.92 Å². The second kappa shape index (κ2) is 6.43. The molecule has 0 saturated heterocycles. The molecule has 1 atom stereocenters. The monoisotopic (exact) mass is 294 g/mol. The summed E-state index contributed by atoms with van der Waals surface area (Å²) < 4.78 is 13.7. The van der Waals surface area contributed by atoms with Crippen LogP contribution in [0.15, 0.2) is 12.1 Å². The van der Waals surface area contributed by atoms with Crippen molar-refractivity contribution in [2.45, 2.75) is 45.7 Å². The third kappa shape index (κ3) is 3.73. The Balaban J connectivity index is 2.06.